The van der Waals surface area contributed by atoms with E-state index in [1.165, 1.54) is 33.4 Å². The minimum absolute atomic E-state index is 0.0168. The van der Waals surface area contributed by atoms with Gasteiger partial charge in [-0.05, 0) is 242 Å². The molecular weight excluding hydrogens is 1350 g/mol. The highest BCUT2D eigenvalue weighted by Crippen LogP contribution is 2.45. The zero-order chi connectivity index (χ0) is 77.8. The van der Waals surface area contributed by atoms with Crippen LogP contribution in [0.3, 0.4) is 0 Å². The summed E-state index contributed by atoms with van der Waals surface area (Å²) in [5, 5.41) is 5.66. The SMILES string of the molecule is CC(C)(C)c1ccc(-c2cc3c4nc5ccc(cc5)nc5[nH]c(nc6ccc(cc6)nc6[nH]c(nc7ccc(cc7)nc([nH]4)c3cc2-c2ccc(C(C)(C)C)cc2)c2cc(-c3ccc(C(C)(C)C)cc3)c(-c3ccc(C(C)(C)C)cc3)cc62)c2cc(-c3ccc(C(C)(C)C)cc3)c(-c3ccc(C(C)(C)C)cc3)cc52)cc1. The third-order valence-corrected chi connectivity index (χ3v) is 22.1. The van der Waals surface area contributed by atoms with E-state index in [1.54, 1.807) is 0 Å². The topological polar surface area (TPSA) is 125 Å². The second-order valence-electron chi connectivity index (χ2n) is 36.5. The molecule has 19 aromatic rings. The van der Waals surface area contributed by atoms with Gasteiger partial charge in [-0.2, -0.15) is 0 Å². The Morgan fingerprint density at radius 2 is 0.279 bits per heavy atom. The molecule has 111 heavy (non-hydrogen) atoms. The molecule has 0 fully saturated rings. The van der Waals surface area contributed by atoms with Gasteiger partial charge in [-0.1, -0.05) is 270 Å². The molecular formula is C102H99N9. The number of aromatic nitrogens is 9. The number of nitrogens with one attached hydrogen (secondary N) is 3. The van der Waals surface area contributed by atoms with Crippen molar-refractivity contribution in [1.82, 2.24) is 44.9 Å². The molecule has 12 aromatic carbocycles. The van der Waals surface area contributed by atoms with Gasteiger partial charge in [0.15, 0.2) is 0 Å². The van der Waals surface area contributed by atoms with Gasteiger partial charge in [0.25, 0.3) is 0 Å². The van der Waals surface area contributed by atoms with Crippen molar-refractivity contribution in [3.8, 4) is 66.8 Å². The first-order valence-electron chi connectivity index (χ1n) is 39.0. The van der Waals surface area contributed by atoms with E-state index < -0.39 is 0 Å². The lowest BCUT2D eigenvalue weighted by Gasteiger charge is -2.20. The van der Waals surface area contributed by atoms with E-state index in [-0.39, 0.29) is 32.5 Å². The average molecular weight is 1450 g/mol. The zero-order valence-corrected chi connectivity index (χ0v) is 67.4. The first-order valence-corrected chi connectivity index (χ1v) is 39.0. The van der Waals surface area contributed by atoms with Gasteiger partial charge in [0.2, 0.25) is 0 Å². The zero-order valence-electron chi connectivity index (χ0n) is 67.4. The van der Waals surface area contributed by atoms with E-state index in [0.717, 1.165) is 132 Å². The molecule has 0 unspecified atom stereocenters. The van der Waals surface area contributed by atoms with Crippen LogP contribution in [0.4, 0.5) is 0 Å². The fraction of sp³-hybridized carbons (Fsp3) is 0.235. The van der Waals surface area contributed by atoms with Crippen molar-refractivity contribution in [2.45, 2.75) is 157 Å². The number of H-pyrrole nitrogens is 3. The Labute approximate surface area is 652 Å². The average Bonchev–Trinajstić information content (AvgIpc) is 1.66. The van der Waals surface area contributed by atoms with Crippen LogP contribution in [0, 0.1) is 0 Å². The van der Waals surface area contributed by atoms with Gasteiger partial charge in [0, 0.05) is 32.3 Å². The monoisotopic (exact) mass is 1450 g/mol. The van der Waals surface area contributed by atoms with Gasteiger partial charge >= 0.3 is 0 Å². The van der Waals surface area contributed by atoms with Crippen LogP contribution in [-0.4, -0.2) is 44.9 Å². The van der Waals surface area contributed by atoms with Crippen LogP contribution in [0.1, 0.15) is 158 Å². The molecule has 9 heteroatoms. The van der Waals surface area contributed by atoms with Crippen LogP contribution in [-0.2, 0) is 32.5 Å². The number of hydrogen-bond acceptors (Lipinski definition) is 6. The molecule has 0 amide bonds. The van der Waals surface area contributed by atoms with Crippen LogP contribution >= 0.6 is 0 Å². The molecule has 552 valence electrons. The summed E-state index contributed by atoms with van der Waals surface area (Å²) in [6, 6.07) is 92.8. The summed E-state index contributed by atoms with van der Waals surface area (Å²) in [4.78, 5) is 44.3. The van der Waals surface area contributed by atoms with Crippen molar-refractivity contribution in [2.75, 3.05) is 0 Å². The van der Waals surface area contributed by atoms with Crippen molar-refractivity contribution >= 4 is 99.3 Å². The fourth-order valence-electron chi connectivity index (χ4n) is 15.2. The highest BCUT2D eigenvalue weighted by molar-refractivity contribution is 6.13. The Balaban J connectivity index is 0.980. The highest BCUT2D eigenvalue weighted by Gasteiger charge is 2.24. The summed E-state index contributed by atoms with van der Waals surface area (Å²) >= 11 is 0. The van der Waals surface area contributed by atoms with Crippen LogP contribution < -0.4 is 0 Å². The lowest BCUT2D eigenvalue weighted by molar-refractivity contribution is 0.590. The van der Waals surface area contributed by atoms with E-state index in [4.69, 9.17) is 29.9 Å². The van der Waals surface area contributed by atoms with Crippen molar-refractivity contribution in [2.24, 2.45) is 0 Å². The molecule has 0 atom stereocenters. The van der Waals surface area contributed by atoms with Gasteiger partial charge in [0.1, 0.15) is 33.9 Å². The molecule has 3 N–H and O–H groups in total. The van der Waals surface area contributed by atoms with Crippen LogP contribution in [0.25, 0.3) is 166 Å². The number of hydrogen-bond donors (Lipinski definition) is 3. The van der Waals surface area contributed by atoms with Crippen LogP contribution in [0.5, 0.6) is 0 Å². The molecule has 0 aliphatic heterocycles. The van der Waals surface area contributed by atoms with E-state index in [0.29, 0.717) is 33.9 Å². The first kappa shape index (κ1) is 73.2. The number of fused-ring (bicyclic) bond motifs is 6. The van der Waals surface area contributed by atoms with Crippen LogP contribution in [0.2, 0.25) is 0 Å². The van der Waals surface area contributed by atoms with Gasteiger partial charge in [0.05, 0.1) is 33.1 Å². The summed E-state index contributed by atoms with van der Waals surface area (Å²) < 4.78 is 0. The fourth-order valence-corrected chi connectivity index (χ4v) is 15.2. The molecule has 0 saturated heterocycles. The van der Waals surface area contributed by atoms with Gasteiger partial charge in [-0.15, -0.1) is 0 Å². The molecule has 0 aliphatic carbocycles. The Kier molecular flexibility index (Phi) is 18.2. The van der Waals surface area contributed by atoms with Crippen molar-refractivity contribution < 1.29 is 0 Å². The maximum absolute atomic E-state index is 5.49. The number of benzene rings is 12. The molecule has 0 saturated carbocycles. The second kappa shape index (κ2) is 27.6. The van der Waals surface area contributed by atoms with Gasteiger partial charge < -0.3 is 15.0 Å². The Bertz CT molecular complexity index is 5460. The van der Waals surface area contributed by atoms with Gasteiger partial charge in [-0.25, -0.2) is 29.9 Å². The third kappa shape index (κ3) is 14.9. The van der Waals surface area contributed by atoms with Crippen molar-refractivity contribution in [3.63, 3.8) is 0 Å². The summed E-state index contributed by atoms with van der Waals surface area (Å²) in [5.74, 6) is 0. The lowest BCUT2D eigenvalue weighted by atomic mass is 9.84. The summed E-state index contributed by atoms with van der Waals surface area (Å²) in [7, 11) is 0. The predicted octanol–water partition coefficient (Wildman–Crippen LogP) is 27.6. The van der Waals surface area contributed by atoms with E-state index in [1.807, 2.05) is 72.8 Å². The maximum Gasteiger partial charge on any atom is 0.140 e. The quantitative estimate of drug-likeness (QED) is 0.152. The number of nitrogens with zero attached hydrogens (tertiary/aromatic N) is 6. The highest BCUT2D eigenvalue weighted by atomic mass is 14.9. The molecule has 0 spiro atoms. The van der Waals surface area contributed by atoms with E-state index in [2.05, 4.69) is 322 Å². The Hall–Kier alpha value is -11.9. The molecule has 9 nitrogen and oxygen atoms in total. The van der Waals surface area contributed by atoms with Crippen LogP contribution in [0.15, 0.2) is 255 Å². The lowest BCUT2D eigenvalue weighted by Crippen LogP contribution is -2.10. The summed E-state index contributed by atoms with van der Waals surface area (Å²) in [6.07, 6.45) is 0. The first-order chi connectivity index (χ1) is 52.7. The minimum atomic E-state index is -0.0168. The van der Waals surface area contributed by atoms with E-state index >= 15 is 0 Å². The third-order valence-electron chi connectivity index (χ3n) is 22.1. The standard InChI is InChI=1S/C102H99N9/c1-97(2,3)67-31-19-61(20-32-67)79-55-85-86(56-80(79)62-21-33-68(34-22-62)98(4,5)6)92-104-74-47-49-76(50-48-74)106-94-89-59-83(65-27-39-71(40-28-65)101(13,14)15)84(66-29-41-72(42-30-66)102(16,17)18)60-90(89)96(111-94)108-78-53-51-77(52-54-78)107-95-88-58-82(64-25-37-70(38-26-64)100(10,11)12)81(63-23-35-69(36-24-63)99(7,8)9)57-87(88)93(110-95)105-75-45-43-73(44-46-75)103-91(85)109-92/h19-60H,1-18H3,(H,103,104,109)(H,105,107,110)(H,106,108,111). The van der Waals surface area contributed by atoms with Gasteiger partial charge in [-0.3, -0.25) is 0 Å². The minimum Gasteiger partial charge on any atom is -0.324 e. The predicted molar refractivity (Wildman–Crippen MR) is 472 cm³/mol. The molecule has 7 aromatic heterocycles. The maximum atomic E-state index is 5.49. The molecule has 7 heterocycles. The molecule has 0 aliphatic rings. The molecule has 12 bridgehead atoms. The largest absolute Gasteiger partial charge is 0.324 e. The van der Waals surface area contributed by atoms with Crippen molar-refractivity contribution in [3.05, 3.63) is 288 Å². The molecule has 0 radical (unpaired) electrons. The van der Waals surface area contributed by atoms with Crippen molar-refractivity contribution in [1.29, 1.82) is 0 Å². The Morgan fingerprint density at radius 1 is 0.162 bits per heavy atom. The molecule has 19 rings (SSSR count). The number of aromatic amines is 3. The smallest absolute Gasteiger partial charge is 0.140 e. The van der Waals surface area contributed by atoms with E-state index in [9.17, 15) is 0 Å². The number of rotatable bonds is 6. The summed E-state index contributed by atoms with van der Waals surface area (Å²) in [5.41, 5.74) is 29.5. The Morgan fingerprint density at radius 3 is 0.387 bits per heavy atom. The summed E-state index contributed by atoms with van der Waals surface area (Å²) in [6.45, 7) is 40.8. The normalized spacial score (nSPS) is 12.6. The second-order valence-corrected chi connectivity index (χ2v) is 36.5.